The predicted molar refractivity (Wildman–Crippen MR) is 146 cm³/mol. The van der Waals surface area contributed by atoms with Gasteiger partial charge in [0.15, 0.2) is 0 Å². The van der Waals surface area contributed by atoms with Crippen molar-refractivity contribution in [3.05, 3.63) is 106 Å². The van der Waals surface area contributed by atoms with Gasteiger partial charge in [-0.15, -0.1) is 0 Å². The van der Waals surface area contributed by atoms with E-state index in [-0.39, 0.29) is 13.2 Å². The Labute approximate surface area is 230 Å². The van der Waals surface area contributed by atoms with Crippen molar-refractivity contribution in [2.24, 2.45) is 0 Å². The molecule has 0 aliphatic heterocycles. The Balaban J connectivity index is 0.000000568. The van der Waals surface area contributed by atoms with Crippen LogP contribution in [-0.4, -0.2) is 30.2 Å². The third-order valence-electron chi connectivity index (χ3n) is 5.62. The Bertz CT molecular complexity index is 1230. The van der Waals surface area contributed by atoms with Gasteiger partial charge >= 0.3 is 12.1 Å². The summed E-state index contributed by atoms with van der Waals surface area (Å²) in [5, 5.41) is 14.0. The molecule has 208 valence electrons. The van der Waals surface area contributed by atoms with E-state index in [9.17, 15) is 19.5 Å². The lowest BCUT2D eigenvalue weighted by Crippen LogP contribution is -2.47. The van der Waals surface area contributed by atoms with E-state index in [1.54, 1.807) is 51.1 Å². The number of carboxylic acid groups (broad SMARTS) is 1. The maximum atomic E-state index is 12.3. The molecule has 0 radical (unpaired) electrons. The SMILES string of the molecule is Cc1ccc(C(=O)OCc2ccc([C@@H](CNC(=O)OC(C)(C)C)C(=O)[O-])cc2)c(C)c1.[NH3+]Cc1ccccc1. The van der Waals surface area contributed by atoms with Gasteiger partial charge in [-0.3, -0.25) is 0 Å². The lowest BCUT2D eigenvalue weighted by Gasteiger charge is -2.23. The minimum atomic E-state index is -1.31. The van der Waals surface area contributed by atoms with Crippen LogP contribution in [0.2, 0.25) is 0 Å². The average molecular weight is 535 g/mol. The number of amides is 1. The number of alkyl carbamates (subject to hydrolysis) is 1. The highest BCUT2D eigenvalue weighted by atomic mass is 16.6. The highest BCUT2D eigenvalue weighted by Gasteiger charge is 2.19. The van der Waals surface area contributed by atoms with Gasteiger partial charge in [0.25, 0.3) is 0 Å². The summed E-state index contributed by atoms with van der Waals surface area (Å²) in [6.45, 7) is 9.73. The predicted octanol–water partition coefficient (Wildman–Crippen LogP) is 3.45. The van der Waals surface area contributed by atoms with Gasteiger partial charge in [0.2, 0.25) is 0 Å². The highest BCUT2D eigenvalue weighted by Crippen LogP contribution is 2.18. The van der Waals surface area contributed by atoms with Crippen molar-refractivity contribution in [3.63, 3.8) is 0 Å². The van der Waals surface area contributed by atoms with Gasteiger partial charge in [-0.25, -0.2) is 9.59 Å². The number of esters is 1. The number of carbonyl (C=O) groups excluding carboxylic acids is 3. The summed E-state index contributed by atoms with van der Waals surface area (Å²) >= 11 is 0. The summed E-state index contributed by atoms with van der Waals surface area (Å²) in [5.41, 5.74) is 7.95. The van der Waals surface area contributed by atoms with Crippen LogP contribution in [0, 0.1) is 13.8 Å². The maximum absolute atomic E-state index is 12.3. The number of carbonyl (C=O) groups is 3. The first-order valence-corrected chi connectivity index (χ1v) is 12.7. The van der Waals surface area contributed by atoms with Crippen molar-refractivity contribution < 1.29 is 34.7 Å². The molecule has 8 heteroatoms. The van der Waals surface area contributed by atoms with Crippen molar-refractivity contribution in [1.82, 2.24) is 5.32 Å². The molecule has 3 aromatic rings. The molecule has 0 saturated heterocycles. The number of ether oxygens (including phenoxy) is 2. The maximum Gasteiger partial charge on any atom is 0.407 e. The summed E-state index contributed by atoms with van der Waals surface area (Å²) in [7, 11) is 0. The summed E-state index contributed by atoms with van der Waals surface area (Å²) in [4.78, 5) is 35.6. The molecule has 0 heterocycles. The van der Waals surface area contributed by atoms with Gasteiger partial charge < -0.3 is 30.4 Å². The molecular weight excluding hydrogens is 496 g/mol. The van der Waals surface area contributed by atoms with Gasteiger partial charge in [-0.2, -0.15) is 0 Å². The number of aryl methyl sites for hydroxylation is 2. The molecule has 0 spiro atoms. The van der Waals surface area contributed by atoms with Crippen molar-refractivity contribution in [2.45, 2.75) is 59.3 Å². The molecule has 3 aromatic carbocycles. The van der Waals surface area contributed by atoms with Crippen LogP contribution in [0.25, 0.3) is 0 Å². The molecule has 0 aliphatic carbocycles. The van der Waals surface area contributed by atoms with E-state index in [4.69, 9.17) is 9.47 Å². The molecule has 39 heavy (non-hydrogen) atoms. The number of hydrogen-bond acceptors (Lipinski definition) is 6. The van der Waals surface area contributed by atoms with Gasteiger partial charge in [0.05, 0.1) is 18.1 Å². The van der Waals surface area contributed by atoms with Gasteiger partial charge in [-0.1, -0.05) is 72.3 Å². The quantitative estimate of drug-likeness (QED) is 0.426. The highest BCUT2D eigenvalue weighted by molar-refractivity contribution is 5.91. The van der Waals surface area contributed by atoms with Crippen molar-refractivity contribution in [3.8, 4) is 0 Å². The van der Waals surface area contributed by atoms with Gasteiger partial charge in [0, 0.05) is 18.0 Å². The topological polar surface area (TPSA) is 132 Å². The first-order valence-electron chi connectivity index (χ1n) is 12.7. The minimum Gasteiger partial charge on any atom is -0.549 e. The number of carboxylic acids is 1. The first kappa shape index (κ1) is 31.1. The molecule has 0 unspecified atom stereocenters. The molecule has 0 aromatic heterocycles. The minimum absolute atomic E-state index is 0.0541. The van der Waals surface area contributed by atoms with Crippen LogP contribution in [0.15, 0.2) is 72.8 Å². The second kappa shape index (κ2) is 14.7. The summed E-state index contributed by atoms with van der Waals surface area (Å²) in [5.74, 6) is -2.78. The number of nitrogens with one attached hydrogen (secondary N) is 1. The fourth-order valence-corrected chi connectivity index (χ4v) is 3.60. The number of rotatable bonds is 8. The average Bonchev–Trinajstić information content (AvgIpc) is 2.87. The van der Waals surface area contributed by atoms with Crippen LogP contribution in [0.4, 0.5) is 4.79 Å². The molecule has 1 amide bonds. The Morgan fingerprint density at radius 2 is 1.56 bits per heavy atom. The second-order valence-corrected chi connectivity index (χ2v) is 10.1. The number of aliphatic carboxylic acids is 1. The molecule has 8 nitrogen and oxygen atoms in total. The lowest BCUT2D eigenvalue weighted by molar-refractivity contribution is -0.386. The van der Waals surface area contributed by atoms with Crippen LogP contribution in [-0.2, 0) is 27.4 Å². The van der Waals surface area contributed by atoms with Crippen molar-refractivity contribution >= 4 is 18.0 Å². The molecule has 0 aliphatic rings. The number of hydrogen-bond donors (Lipinski definition) is 2. The van der Waals surface area contributed by atoms with Crippen LogP contribution in [0.3, 0.4) is 0 Å². The smallest absolute Gasteiger partial charge is 0.407 e. The molecule has 4 N–H and O–H groups in total. The van der Waals surface area contributed by atoms with Crippen LogP contribution >= 0.6 is 0 Å². The van der Waals surface area contributed by atoms with E-state index in [0.29, 0.717) is 16.7 Å². The number of quaternary nitrogens is 1. The van der Waals surface area contributed by atoms with E-state index in [1.165, 1.54) is 5.56 Å². The van der Waals surface area contributed by atoms with E-state index >= 15 is 0 Å². The zero-order chi connectivity index (χ0) is 29.0. The second-order valence-electron chi connectivity index (χ2n) is 10.1. The Kier molecular flexibility index (Phi) is 11.7. The lowest BCUT2D eigenvalue weighted by atomic mass is 9.98. The van der Waals surface area contributed by atoms with E-state index in [2.05, 4.69) is 23.2 Å². The fourth-order valence-electron chi connectivity index (χ4n) is 3.60. The Morgan fingerprint density at radius 3 is 2.08 bits per heavy atom. The third kappa shape index (κ3) is 11.0. The van der Waals surface area contributed by atoms with E-state index in [1.807, 2.05) is 44.2 Å². The molecule has 1 atom stereocenters. The van der Waals surface area contributed by atoms with Crippen LogP contribution in [0.1, 0.15) is 64.9 Å². The molecular formula is C31H38N2O6. The Morgan fingerprint density at radius 1 is 0.923 bits per heavy atom. The van der Waals surface area contributed by atoms with Gasteiger partial charge in [-0.05, 0) is 57.4 Å². The summed E-state index contributed by atoms with van der Waals surface area (Å²) < 4.78 is 10.5. The van der Waals surface area contributed by atoms with E-state index in [0.717, 1.165) is 17.7 Å². The van der Waals surface area contributed by atoms with Gasteiger partial charge in [0.1, 0.15) is 12.2 Å². The zero-order valence-electron chi connectivity index (χ0n) is 23.3. The Hall–Kier alpha value is -4.17. The first-order chi connectivity index (χ1) is 18.4. The van der Waals surface area contributed by atoms with Crippen molar-refractivity contribution in [1.29, 1.82) is 0 Å². The van der Waals surface area contributed by atoms with Crippen molar-refractivity contribution in [2.75, 3.05) is 6.54 Å². The largest absolute Gasteiger partial charge is 0.549 e. The van der Waals surface area contributed by atoms with Crippen LogP contribution in [0.5, 0.6) is 0 Å². The summed E-state index contributed by atoms with van der Waals surface area (Å²) in [6, 6.07) is 22.3. The number of benzene rings is 3. The normalized spacial score (nSPS) is 11.4. The monoisotopic (exact) mass is 534 g/mol. The molecule has 0 bridgehead atoms. The third-order valence-corrected chi connectivity index (χ3v) is 5.62. The van der Waals surface area contributed by atoms with Crippen LogP contribution < -0.4 is 16.2 Å². The summed E-state index contributed by atoms with van der Waals surface area (Å²) in [6.07, 6.45) is -0.700. The standard InChI is InChI=1S/C24H29NO6.C7H9N/c1-15-6-11-19(16(2)12-15)22(28)30-14-17-7-9-18(10-8-17)20(21(26)27)13-25-23(29)31-24(3,4)5;8-6-7-4-2-1-3-5-7/h6-12,20H,13-14H2,1-5H3,(H,25,29)(H,26,27);1-5H,6,8H2/t20-;/m1./s1. The fraction of sp³-hybridized carbons (Fsp3) is 0.323. The van der Waals surface area contributed by atoms with E-state index < -0.39 is 29.6 Å². The zero-order valence-corrected chi connectivity index (χ0v) is 23.3. The molecule has 0 saturated carbocycles. The molecule has 3 rings (SSSR count). The molecule has 0 fully saturated rings.